The molecule has 2 aliphatic heterocycles. The second kappa shape index (κ2) is 8.20. The van der Waals surface area contributed by atoms with Crippen LogP contribution >= 0.6 is 27.5 Å². The van der Waals surface area contributed by atoms with E-state index in [0.717, 1.165) is 6.07 Å². The number of sulfonamides is 1. The molecule has 6 nitrogen and oxygen atoms in total. The highest BCUT2D eigenvalue weighted by Gasteiger charge is 2.47. The van der Waals surface area contributed by atoms with Gasteiger partial charge in [-0.05, 0) is 78.0 Å². The molecule has 3 atom stereocenters. The fourth-order valence-corrected chi connectivity index (χ4v) is 6.87. The zero-order valence-electron chi connectivity index (χ0n) is 15.7. The van der Waals surface area contributed by atoms with Crippen LogP contribution in [0.5, 0.6) is 0 Å². The van der Waals surface area contributed by atoms with Gasteiger partial charge in [0.15, 0.2) is 0 Å². The van der Waals surface area contributed by atoms with Gasteiger partial charge in [0.2, 0.25) is 10.0 Å². The molecule has 4 rings (SSSR count). The summed E-state index contributed by atoms with van der Waals surface area (Å²) in [5, 5.41) is 12.5. The number of amides is 1. The summed E-state index contributed by atoms with van der Waals surface area (Å²) in [4.78, 5) is 12.5. The number of fused-ring (bicyclic) bond motifs is 2. The van der Waals surface area contributed by atoms with Gasteiger partial charge in [-0.1, -0.05) is 11.6 Å². The van der Waals surface area contributed by atoms with Crippen LogP contribution in [0.2, 0.25) is 5.02 Å². The molecule has 160 valence electrons. The molecule has 0 spiro atoms. The second-order valence-electron chi connectivity index (χ2n) is 7.57. The number of carbonyl (C=O) groups excluding carboxylic acids is 1. The van der Waals surface area contributed by atoms with Crippen LogP contribution in [-0.4, -0.2) is 41.9 Å². The summed E-state index contributed by atoms with van der Waals surface area (Å²) in [6, 6.07) is 7.62. The van der Waals surface area contributed by atoms with Crippen molar-refractivity contribution in [2.45, 2.75) is 48.8 Å². The minimum absolute atomic E-state index is 0.0201. The predicted molar refractivity (Wildman–Crippen MR) is 115 cm³/mol. The Morgan fingerprint density at radius 2 is 1.83 bits per heavy atom. The molecule has 1 unspecified atom stereocenters. The number of rotatable bonds is 4. The molecule has 10 heteroatoms. The number of carbonyl (C=O) groups is 1. The highest BCUT2D eigenvalue weighted by Crippen LogP contribution is 2.41. The van der Waals surface area contributed by atoms with E-state index in [2.05, 4.69) is 21.2 Å². The number of halogens is 3. The Morgan fingerprint density at radius 1 is 1.17 bits per heavy atom. The number of aliphatic hydroxyl groups is 1. The van der Waals surface area contributed by atoms with Gasteiger partial charge < -0.3 is 10.4 Å². The lowest BCUT2D eigenvalue weighted by atomic mass is 10.0. The van der Waals surface area contributed by atoms with Gasteiger partial charge in [0, 0.05) is 23.3 Å². The van der Waals surface area contributed by atoms with Gasteiger partial charge in [-0.2, -0.15) is 4.31 Å². The third-order valence-corrected chi connectivity index (χ3v) is 8.70. The van der Waals surface area contributed by atoms with E-state index in [1.54, 1.807) is 0 Å². The summed E-state index contributed by atoms with van der Waals surface area (Å²) in [5.41, 5.74) is 0.328. The largest absolute Gasteiger partial charge is 0.393 e. The van der Waals surface area contributed by atoms with E-state index in [0.29, 0.717) is 25.7 Å². The Kier molecular flexibility index (Phi) is 5.93. The Bertz CT molecular complexity index is 1100. The normalized spacial score (nSPS) is 24.1. The Labute approximate surface area is 187 Å². The van der Waals surface area contributed by atoms with Gasteiger partial charge in [-0.15, -0.1) is 0 Å². The molecule has 30 heavy (non-hydrogen) atoms. The van der Waals surface area contributed by atoms with Crippen molar-refractivity contribution in [3.8, 4) is 0 Å². The number of piperidine rings is 1. The van der Waals surface area contributed by atoms with Gasteiger partial charge in [-0.25, -0.2) is 12.8 Å². The first-order valence-electron chi connectivity index (χ1n) is 9.44. The lowest BCUT2D eigenvalue weighted by Gasteiger charge is -2.36. The number of anilines is 1. The summed E-state index contributed by atoms with van der Waals surface area (Å²) in [5.74, 6) is -1.11. The van der Waals surface area contributed by atoms with Gasteiger partial charge in [0.05, 0.1) is 15.6 Å². The number of hydrogen-bond acceptors (Lipinski definition) is 4. The van der Waals surface area contributed by atoms with Gasteiger partial charge >= 0.3 is 0 Å². The van der Waals surface area contributed by atoms with Crippen LogP contribution in [0.4, 0.5) is 10.1 Å². The Morgan fingerprint density at radius 3 is 2.47 bits per heavy atom. The second-order valence-corrected chi connectivity index (χ2v) is 10.6. The van der Waals surface area contributed by atoms with E-state index in [-0.39, 0.29) is 37.7 Å². The molecule has 2 fully saturated rings. The Hall–Kier alpha value is -1.52. The lowest BCUT2D eigenvalue weighted by molar-refractivity contribution is 0.0769. The van der Waals surface area contributed by atoms with Crippen LogP contribution in [0.15, 0.2) is 45.8 Å². The fourth-order valence-electron chi connectivity index (χ4n) is 4.23. The average Bonchev–Trinajstić information content (AvgIpc) is 2.97. The molecule has 0 saturated carbocycles. The van der Waals surface area contributed by atoms with Crippen LogP contribution in [0.1, 0.15) is 36.0 Å². The molecule has 2 aromatic carbocycles. The first kappa shape index (κ1) is 21.7. The number of aliphatic hydroxyl groups excluding tert-OH is 1. The number of nitrogens with zero attached hydrogens (tertiary/aromatic N) is 1. The van der Waals surface area contributed by atoms with Crippen LogP contribution in [0.3, 0.4) is 0 Å². The maximum absolute atomic E-state index is 13.7. The molecule has 1 amide bonds. The van der Waals surface area contributed by atoms with Crippen LogP contribution in [-0.2, 0) is 10.0 Å². The smallest absolute Gasteiger partial charge is 0.255 e. The number of hydrogen-bond donors (Lipinski definition) is 2. The van der Waals surface area contributed by atoms with Crippen molar-refractivity contribution in [3.63, 3.8) is 0 Å². The summed E-state index contributed by atoms with van der Waals surface area (Å²) < 4.78 is 42.1. The molecule has 2 aliphatic rings. The SMILES string of the molecule is O=C(Nc1ccc(Br)c(F)c1)c1ccc(Cl)c(S(=O)(=O)N2C3CC[C@@H]2C[C@H](O)C3)c1. The number of nitrogens with one attached hydrogen (secondary N) is 1. The highest BCUT2D eigenvalue weighted by atomic mass is 79.9. The van der Waals surface area contributed by atoms with E-state index in [4.69, 9.17) is 11.6 Å². The molecule has 2 saturated heterocycles. The molecular formula is C20H19BrClFN2O4S. The first-order chi connectivity index (χ1) is 14.2. The van der Waals surface area contributed by atoms with Crippen molar-refractivity contribution in [3.05, 3.63) is 57.3 Å². The molecule has 0 radical (unpaired) electrons. The van der Waals surface area contributed by atoms with Crippen molar-refractivity contribution >= 4 is 49.1 Å². The van der Waals surface area contributed by atoms with Crippen LogP contribution in [0.25, 0.3) is 0 Å². The average molecular weight is 518 g/mol. The molecule has 2 bridgehead atoms. The third kappa shape index (κ3) is 4.01. The molecule has 2 aromatic rings. The molecule has 2 N–H and O–H groups in total. The fraction of sp³-hybridized carbons (Fsp3) is 0.350. The summed E-state index contributed by atoms with van der Waals surface area (Å²) in [6.07, 6.45) is 1.65. The lowest BCUT2D eigenvalue weighted by Crippen LogP contribution is -2.47. The van der Waals surface area contributed by atoms with Gasteiger partial charge in [-0.3, -0.25) is 4.79 Å². The van der Waals surface area contributed by atoms with Crippen molar-refractivity contribution < 1.29 is 22.7 Å². The van der Waals surface area contributed by atoms with Gasteiger partial charge in [0.1, 0.15) is 10.7 Å². The Balaban J connectivity index is 1.63. The monoisotopic (exact) mass is 516 g/mol. The minimum Gasteiger partial charge on any atom is -0.393 e. The van der Waals surface area contributed by atoms with E-state index in [1.807, 2.05) is 0 Å². The molecule has 2 heterocycles. The molecular weight excluding hydrogens is 499 g/mol. The topological polar surface area (TPSA) is 86.7 Å². The molecule has 0 aliphatic carbocycles. The van der Waals surface area contributed by atoms with Crippen molar-refractivity contribution in [2.75, 3.05) is 5.32 Å². The van der Waals surface area contributed by atoms with E-state index in [1.165, 1.54) is 34.6 Å². The van der Waals surface area contributed by atoms with Crippen molar-refractivity contribution in [2.24, 2.45) is 0 Å². The predicted octanol–water partition coefficient (Wildman–Crippen LogP) is 4.17. The minimum atomic E-state index is -3.95. The van der Waals surface area contributed by atoms with Crippen LogP contribution < -0.4 is 5.32 Å². The summed E-state index contributed by atoms with van der Waals surface area (Å²) in [7, 11) is -3.95. The van der Waals surface area contributed by atoms with Gasteiger partial charge in [0.25, 0.3) is 5.91 Å². The number of benzene rings is 2. The summed E-state index contributed by atoms with van der Waals surface area (Å²) in [6.45, 7) is 0. The summed E-state index contributed by atoms with van der Waals surface area (Å²) >= 11 is 9.25. The third-order valence-electron chi connectivity index (χ3n) is 5.57. The zero-order valence-corrected chi connectivity index (χ0v) is 18.8. The highest BCUT2D eigenvalue weighted by molar-refractivity contribution is 9.10. The quantitative estimate of drug-likeness (QED) is 0.637. The maximum atomic E-state index is 13.7. The zero-order chi connectivity index (χ0) is 21.6. The van der Waals surface area contributed by atoms with E-state index in [9.17, 15) is 22.7 Å². The van der Waals surface area contributed by atoms with E-state index < -0.39 is 27.9 Å². The van der Waals surface area contributed by atoms with Crippen molar-refractivity contribution in [1.29, 1.82) is 0 Å². The van der Waals surface area contributed by atoms with Crippen molar-refractivity contribution in [1.82, 2.24) is 4.31 Å². The molecule has 0 aromatic heterocycles. The standard InChI is InChI=1S/C20H19BrClFN2O4S/c21-16-5-2-12(8-18(16)23)24-20(27)11-1-6-17(22)19(7-11)30(28,29)25-13-3-4-14(25)10-15(26)9-13/h1-2,5-8,13-15,26H,3-4,9-10H2,(H,24,27)/t13-,14?,15+/m1/s1. The first-order valence-corrected chi connectivity index (χ1v) is 12.1. The van der Waals surface area contributed by atoms with E-state index >= 15 is 0 Å². The maximum Gasteiger partial charge on any atom is 0.255 e. The van der Waals surface area contributed by atoms with Crippen LogP contribution in [0, 0.1) is 5.82 Å².